The van der Waals surface area contributed by atoms with Crippen LogP contribution in [0.3, 0.4) is 0 Å². The standard InChI is InChI=1S/C40H67N9O17/c1-9-20(8)32(39(64)48-30(18(4)5)38(63)45-23(14-28(56)57)36(61)49-31(19(6)7)40(65)66)47-25(51)15-42-33(58)24(16-50)46-35(60)21(10-12-26(52)53)43-34(59)22(11-13-27(54)55)44-37(62)29(41)17(2)3/h17-24,29-32,50H,9-16,41H2,1-8H3,(H,42,58)(H,43,59)(H,44,62)(H,45,63)(H,46,60)(H,47,51)(H,48,64)(H,49,61)(H,52,53)(H,54,55)(H,56,57)(H,65,66)/t20-,21-,22-,23-,24-,29-,30-,31-,32-/m0/s1. The fourth-order valence-corrected chi connectivity index (χ4v) is 5.79. The topological polar surface area (TPSA) is 428 Å². The molecule has 0 radical (unpaired) electrons. The van der Waals surface area contributed by atoms with Crippen LogP contribution < -0.4 is 48.3 Å². The zero-order valence-corrected chi connectivity index (χ0v) is 38.3. The van der Waals surface area contributed by atoms with E-state index in [0.29, 0.717) is 6.42 Å². The first-order valence-corrected chi connectivity index (χ1v) is 21.2. The predicted octanol–water partition coefficient (Wildman–Crippen LogP) is -3.88. The van der Waals surface area contributed by atoms with Gasteiger partial charge in [-0.1, -0.05) is 61.8 Å². The number of rotatable bonds is 31. The number of amides is 8. The van der Waals surface area contributed by atoms with Crippen molar-refractivity contribution in [2.75, 3.05) is 13.2 Å². The van der Waals surface area contributed by atoms with Crippen molar-refractivity contribution in [2.24, 2.45) is 29.4 Å². The molecule has 0 fully saturated rings. The highest BCUT2D eigenvalue weighted by molar-refractivity contribution is 5.98. The lowest BCUT2D eigenvalue weighted by atomic mass is 9.96. The van der Waals surface area contributed by atoms with Gasteiger partial charge in [-0.2, -0.15) is 0 Å². The maximum atomic E-state index is 13.6. The minimum Gasteiger partial charge on any atom is -0.481 e. The van der Waals surface area contributed by atoms with Crippen molar-refractivity contribution < 1.29 is 83.1 Å². The molecular weight excluding hydrogens is 878 g/mol. The van der Waals surface area contributed by atoms with Crippen molar-refractivity contribution in [1.29, 1.82) is 0 Å². The van der Waals surface area contributed by atoms with Crippen molar-refractivity contribution in [1.82, 2.24) is 42.5 Å². The first-order chi connectivity index (χ1) is 30.6. The lowest BCUT2D eigenvalue weighted by Crippen LogP contribution is -2.61. The van der Waals surface area contributed by atoms with Gasteiger partial charge in [-0.05, 0) is 36.5 Å². The van der Waals surface area contributed by atoms with Gasteiger partial charge in [0.1, 0.15) is 42.3 Å². The van der Waals surface area contributed by atoms with Crippen molar-refractivity contribution >= 4 is 71.1 Å². The molecule has 0 saturated carbocycles. The maximum absolute atomic E-state index is 13.6. The quantitative estimate of drug-likeness (QED) is 0.0316. The van der Waals surface area contributed by atoms with Crippen molar-refractivity contribution in [2.45, 2.75) is 142 Å². The second-order valence-electron chi connectivity index (χ2n) is 16.6. The third-order valence-electron chi connectivity index (χ3n) is 10.1. The van der Waals surface area contributed by atoms with E-state index >= 15 is 0 Å². The molecule has 0 bridgehead atoms. The lowest BCUT2D eigenvalue weighted by Gasteiger charge is -2.29. The van der Waals surface area contributed by atoms with Gasteiger partial charge in [0, 0.05) is 12.8 Å². The maximum Gasteiger partial charge on any atom is 0.326 e. The number of aliphatic hydroxyl groups is 1. The molecule has 0 aromatic heterocycles. The van der Waals surface area contributed by atoms with Gasteiger partial charge < -0.3 is 73.8 Å². The zero-order valence-electron chi connectivity index (χ0n) is 38.3. The molecule has 0 aromatic rings. The van der Waals surface area contributed by atoms with Crippen LogP contribution in [-0.2, 0) is 57.5 Å². The van der Waals surface area contributed by atoms with Crippen LogP contribution in [0.5, 0.6) is 0 Å². The molecule has 0 aliphatic carbocycles. The molecule has 0 unspecified atom stereocenters. The first kappa shape index (κ1) is 59.6. The Morgan fingerprint density at radius 3 is 1.30 bits per heavy atom. The van der Waals surface area contributed by atoms with Crippen LogP contribution in [0.4, 0.5) is 0 Å². The van der Waals surface area contributed by atoms with E-state index in [4.69, 9.17) is 10.8 Å². The fraction of sp³-hybridized carbons (Fsp3) is 0.700. The third-order valence-corrected chi connectivity index (χ3v) is 10.1. The van der Waals surface area contributed by atoms with Gasteiger partial charge in [0.05, 0.1) is 25.6 Å². The number of aliphatic hydroxyl groups excluding tert-OH is 1. The number of hydrogen-bond donors (Lipinski definition) is 14. The smallest absolute Gasteiger partial charge is 0.326 e. The number of aliphatic carboxylic acids is 4. The second kappa shape index (κ2) is 29.2. The van der Waals surface area contributed by atoms with E-state index in [1.54, 1.807) is 27.7 Å². The summed E-state index contributed by atoms with van der Waals surface area (Å²) in [6.45, 7) is 10.6. The summed E-state index contributed by atoms with van der Waals surface area (Å²) >= 11 is 0. The molecule has 9 atom stereocenters. The number of carboxylic acids is 4. The average molecular weight is 946 g/mol. The number of hydrogen-bond acceptors (Lipinski definition) is 14. The number of carbonyl (C=O) groups is 12. The van der Waals surface area contributed by atoms with E-state index in [9.17, 15) is 78.0 Å². The van der Waals surface area contributed by atoms with Crippen LogP contribution in [0.1, 0.15) is 93.9 Å². The average Bonchev–Trinajstić information content (AvgIpc) is 3.22. The molecule has 8 amide bonds. The Bertz CT molecular complexity index is 1760. The summed E-state index contributed by atoms with van der Waals surface area (Å²) < 4.78 is 0. The Balaban J connectivity index is 6.05. The molecule has 0 aliphatic rings. The summed E-state index contributed by atoms with van der Waals surface area (Å²) in [6, 6.07) is -12.1. The molecule has 0 aliphatic heterocycles. The fourth-order valence-electron chi connectivity index (χ4n) is 5.79. The summed E-state index contributed by atoms with van der Waals surface area (Å²) in [4.78, 5) is 151. The summed E-state index contributed by atoms with van der Waals surface area (Å²) in [5.41, 5.74) is 5.84. The normalized spacial score (nSPS) is 15.2. The van der Waals surface area contributed by atoms with Gasteiger partial charge in [0.15, 0.2) is 0 Å². The number of nitrogens with one attached hydrogen (secondary N) is 8. The van der Waals surface area contributed by atoms with Crippen LogP contribution >= 0.6 is 0 Å². The molecule has 66 heavy (non-hydrogen) atoms. The minimum atomic E-state index is -1.80. The highest BCUT2D eigenvalue weighted by Gasteiger charge is 2.36. The van der Waals surface area contributed by atoms with Crippen LogP contribution in [0.15, 0.2) is 0 Å². The van der Waals surface area contributed by atoms with E-state index < -0.39 is 182 Å². The number of carbonyl (C=O) groups excluding carboxylic acids is 8. The van der Waals surface area contributed by atoms with Crippen molar-refractivity contribution in [3.63, 3.8) is 0 Å². The number of nitrogens with two attached hydrogens (primary N) is 1. The van der Waals surface area contributed by atoms with Gasteiger partial charge in [-0.15, -0.1) is 0 Å². The van der Waals surface area contributed by atoms with E-state index in [1.807, 2.05) is 0 Å². The van der Waals surface area contributed by atoms with Crippen molar-refractivity contribution in [3.05, 3.63) is 0 Å². The van der Waals surface area contributed by atoms with Gasteiger partial charge >= 0.3 is 23.9 Å². The second-order valence-corrected chi connectivity index (χ2v) is 16.6. The van der Waals surface area contributed by atoms with Crippen LogP contribution in [0, 0.1) is 23.7 Å². The summed E-state index contributed by atoms with van der Waals surface area (Å²) in [5.74, 6) is -16.1. The molecule has 374 valence electrons. The molecule has 0 heterocycles. The molecule has 15 N–H and O–H groups in total. The summed E-state index contributed by atoms with van der Waals surface area (Å²) in [6.07, 6.45) is -2.96. The Kier molecular flexibility index (Phi) is 26.3. The summed E-state index contributed by atoms with van der Waals surface area (Å²) in [7, 11) is 0. The predicted molar refractivity (Wildman–Crippen MR) is 229 cm³/mol. The molecule has 0 rings (SSSR count). The van der Waals surface area contributed by atoms with Gasteiger partial charge in [-0.25, -0.2) is 4.79 Å². The third kappa shape index (κ3) is 21.5. The lowest BCUT2D eigenvalue weighted by molar-refractivity contribution is -0.145. The van der Waals surface area contributed by atoms with E-state index in [1.165, 1.54) is 27.7 Å². The molecule has 0 saturated heterocycles. The molecular formula is C40H67N9O17. The van der Waals surface area contributed by atoms with Crippen LogP contribution in [-0.4, -0.2) is 158 Å². The summed E-state index contributed by atoms with van der Waals surface area (Å²) in [5, 5.41) is 65.5. The van der Waals surface area contributed by atoms with Crippen LogP contribution in [0.2, 0.25) is 0 Å². The Labute approximate surface area is 381 Å². The van der Waals surface area contributed by atoms with Gasteiger partial charge in [0.25, 0.3) is 0 Å². The van der Waals surface area contributed by atoms with Crippen molar-refractivity contribution in [3.8, 4) is 0 Å². The monoisotopic (exact) mass is 945 g/mol. The Hall–Kier alpha value is -6.44. The van der Waals surface area contributed by atoms with Gasteiger partial charge in [0.2, 0.25) is 47.3 Å². The zero-order chi connectivity index (χ0) is 51.2. The van der Waals surface area contributed by atoms with Crippen LogP contribution in [0.25, 0.3) is 0 Å². The Morgan fingerprint density at radius 2 is 0.894 bits per heavy atom. The van der Waals surface area contributed by atoms with E-state index in [0.717, 1.165) is 0 Å². The van der Waals surface area contributed by atoms with Gasteiger partial charge in [-0.3, -0.25) is 52.7 Å². The van der Waals surface area contributed by atoms with E-state index in [2.05, 4.69) is 42.5 Å². The molecule has 26 heteroatoms. The minimum absolute atomic E-state index is 0.293. The van der Waals surface area contributed by atoms with E-state index in [-0.39, 0.29) is 5.92 Å². The SMILES string of the molecule is CC[C@H](C)[C@H](NC(=O)CNC(=O)[C@H](CO)NC(=O)[C@H](CCC(=O)O)NC(=O)[C@H](CCC(=O)O)NC(=O)[C@@H](N)C(C)C)C(=O)N[C@H](C(=O)N[C@@H](CC(=O)O)C(=O)N[C@H](C(=O)O)C(C)C)C(C)C. The first-order valence-electron chi connectivity index (χ1n) is 21.2. The molecule has 0 aromatic carbocycles. The highest BCUT2D eigenvalue weighted by Crippen LogP contribution is 2.12. The molecule has 26 nitrogen and oxygen atoms in total. The number of carboxylic acid groups (broad SMARTS) is 4. The largest absolute Gasteiger partial charge is 0.481 e. The molecule has 0 spiro atoms. The Morgan fingerprint density at radius 1 is 0.470 bits per heavy atom. The highest BCUT2D eigenvalue weighted by atomic mass is 16.4.